The summed E-state index contributed by atoms with van der Waals surface area (Å²) in [5.41, 5.74) is 0. The molecule has 0 aromatic heterocycles. The van der Waals surface area contributed by atoms with Crippen molar-refractivity contribution in [2.24, 2.45) is 0 Å². The molecule has 0 aromatic rings. The van der Waals surface area contributed by atoms with Crippen LogP contribution in [-0.4, -0.2) is 52.6 Å². The standard InChI is InChI=1S/C9H16N2O3S/c1-7(12)6-10-8(13)2-3-11-4-5-15-9(11)14/h7,12H,2-6H2,1H3,(H,10,13). The molecule has 1 aliphatic heterocycles. The van der Waals surface area contributed by atoms with Crippen LogP contribution in [0.2, 0.25) is 0 Å². The number of aliphatic hydroxyl groups is 1. The second-order valence-electron chi connectivity index (χ2n) is 3.50. The molecule has 1 saturated heterocycles. The van der Waals surface area contributed by atoms with E-state index in [-0.39, 0.29) is 17.7 Å². The van der Waals surface area contributed by atoms with E-state index >= 15 is 0 Å². The molecule has 15 heavy (non-hydrogen) atoms. The highest BCUT2D eigenvalue weighted by molar-refractivity contribution is 8.13. The van der Waals surface area contributed by atoms with Gasteiger partial charge in [-0.2, -0.15) is 0 Å². The minimum absolute atomic E-state index is 0.0540. The van der Waals surface area contributed by atoms with Crippen LogP contribution in [0, 0.1) is 0 Å². The zero-order valence-electron chi connectivity index (χ0n) is 8.73. The summed E-state index contributed by atoms with van der Waals surface area (Å²) in [5.74, 6) is 0.689. The summed E-state index contributed by atoms with van der Waals surface area (Å²) in [4.78, 5) is 24.1. The van der Waals surface area contributed by atoms with Gasteiger partial charge in [-0.15, -0.1) is 0 Å². The van der Waals surface area contributed by atoms with Gasteiger partial charge in [0.05, 0.1) is 6.10 Å². The maximum absolute atomic E-state index is 11.2. The van der Waals surface area contributed by atoms with E-state index in [1.54, 1.807) is 11.8 Å². The van der Waals surface area contributed by atoms with Gasteiger partial charge in [0.15, 0.2) is 0 Å². The van der Waals surface area contributed by atoms with Crippen molar-refractivity contribution in [3.8, 4) is 0 Å². The Morgan fingerprint density at radius 2 is 2.47 bits per heavy atom. The second kappa shape index (κ2) is 5.97. The molecule has 1 fully saturated rings. The minimum atomic E-state index is -0.530. The first kappa shape index (κ1) is 12.3. The van der Waals surface area contributed by atoms with Gasteiger partial charge in [0.2, 0.25) is 5.91 Å². The van der Waals surface area contributed by atoms with Crippen molar-refractivity contribution >= 4 is 22.9 Å². The molecule has 0 aliphatic carbocycles. The van der Waals surface area contributed by atoms with Gasteiger partial charge in [-0.3, -0.25) is 9.59 Å². The molecule has 2 N–H and O–H groups in total. The molecule has 0 aromatic carbocycles. The highest BCUT2D eigenvalue weighted by Gasteiger charge is 2.21. The predicted molar refractivity (Wildman–Crippen MR) is 58.7 cm³/mol. The van der Waals surface area contributed by atoms with Crippen LogP contribution in [0.4, 0.5) is 4.79 Å². The summed E-state index contributed by atoms with van der Waals surface area (Å²) >= 11 is 1.29. The maximum atomic E-state index is 11.2. The Morgan fingerprint density at radius 1 is 1.73 bits per heavy atom. The molecule has 1 heterocycles. The predicted octanol–water partition coefficient (Wildman–Crippen LogP) is 0.0423. The molecule has 0 saturated carbocycles. The van der Waals surface area contributed by atoms with Crippen molar-refractivity contribution in [2.45, 2.75) is 19.4 Å². The molecule has 2 amide bonds. The fourth-order valence-electron chi connectivity index (χ4n) is 1.22. The van der Waals surface area contributed by atoms with Crippen LogP contribution in [0.25, 0.3) is 0 Å². The summed E-state index contributed by atoms with van der Waals surface area (Å²) in [6, 6.07) is 0. The van der Waals surface area contributed by atoms with Crippen LogP contribution in [0.5, 0.6) is 0 Å². The minimum Gasteiger partial charge on any atom is -0.392 e. The first-order valence-corrected chi connectivity index (χ1v) is 5.94. The van der Waals surface area contributed by atoms with E-state index in [4.69, 9.17) is 5.11 Å². The number of aliphatic hydroxyl groups excluding tert-OH is 1. The van der Waals surface area contributed by atoms with Crippen LogP contribution in [-0.2, 0) is 4.79 Å². The number of hydrogen-bond donors (Lipinski definition) is 2. The van der Waals surface area contributed by atoms with E-state index in [2.05, 4.69) is 5.32 Å². The summed E-state index contributed by atoms with van der Waals surface area (Å²) in [6.45, 7) is 3.08. The first-order valence-electron chi connectivity index (χ1n) is 4.96. The van der Waals surface area contributed by atoms with Crippen LogP contribution in [0.15, 0.2) is 0 Å². The van der Waals surface area contributed by atoms with Crippen molar-refractivity contribution in [1.29, 1.82) is 0 Å². The average molecular weight is 232 g/mol. The Morgan fingerprint density at radius 3 is 3.00 bits per heavy atom. The largest absolute Gasteiger partial charge is 0.392 e. The molecule has 1 aliphatic rings. The Labute approximate surface area is 93.2 Å². The van der Waals surface area contributed by atoms with E-state index in [0.29, 0.717) is 13.0 Å². The number of thioether (sulfide) groups is 1. The quantitative estimate of drug-likeness (QED) is 0.702. The molecule has 6 heteroatoms. The maximum Gasteiger partial charge on any atom is 0.281 e. The summed E-state index contributed by atoms with van der Waals surface area (Å²) in [5, 5.41) is 11.6. The van der Waals surface area contributed by atoms with Crippen molar-refractivity contribution in [2.75, 3.05) is 25.4 Å². The third-order valence-electron chi connectivity index (χ3n) is 2.05. The van der Waals surface area contributed by atoms with Gasteiger partial charge in [0.25, 0.3) is 5.24 Å². The normalized spacial score (nSPS) is 18.0. The molecule has 1 rings (SSSR count). The van der Waals surface area contributed by atoms with Crippen molar-refractivity contribution in [3.63, 3.8) is 0 Å². The monoisotopic (exact) mass is 232 g/mol. The second-order valence-corrected chi connectivity index (χ2v) is 4.55. The summed E-state index contributed by atoms with van der Waals surface area (Å²) in [7, 11) is 0. The SMILES string of the molecule is CC(O)CNC(=O)CCN1CCSC1=O. The van der Waals surface area contributed by atoms with E-state index in [0.717, 1.165) is 12.3 Å². The van der Waals surface area contributed by atoms with Crippen molar-refractivity contribution < 1.29 is 14.7 Å². The number of rotatable bonds is 5. The number of amides is 2. The molecule has 1 unspecified atom stereocenters. The van der Waals surface area contributed by atoms with E-state index in [1.807, 2.05) is 0 Å². The molecule has 0 spiro atoms. The molecule has 5 nitrogen and oxygen atoms in total. The highest BCUT2D eigenvalue weighted by Crippen LogP contribution is 2.16. The van der Waals surface area contributed by atoms with Gasteiger partial charge in [-0.25, -0.2) is 0 Å². The lowest BCUT2D eigenvalue weighted by Crippen LogP contribution is -2.34. The lowest BCUT2D eigenvalue weighted by atomic mass is 10.3. The molecule has 0 bridgehead atoms. The number of hydrogen-bond acceptors (Lipinski definition) is 4. The zero-order chi connectivity index (χ0) is 11.3. The fraction of sp³-hybridized carbons (Fsp3) is 0.778. The Bertz CT molecular complexity index is 246. The van der Waals surface area contributed by atoms with Crippen LogP contribution < -0.4 is 5.32 Å². The summed E-state index contributed by atoms with van der Waals surface area (Å²) in [6.07, 6.45) is -0.225. The third kappa shape index (κ3) is 4.53. The Hall–Kier alpha value is -0.750. The van der Waals surface area contributed by atoms with Crippen molar-refractivity contribution in [3.05, 3.63) is 0 Å². The smallest absolute Gasteiger partial charge is 0.281 e. The lowest BCUT2D eigenvalue weighted by Gasteiger charge is -2.14. The lowest BCUT2D eigenvalue weighted by molar-refractivity contribution is -0.121. The van der Waals surface area contributed by atoms with Crippen LogP contribution in [0.3, 0.4) is 0 Å². The van der Waals surface area contributed by atoms with E-state index in [1.165, 1.54) is 11.8 Å². The van der Waals surface area contributed by atoms with Gasteiger partial charge >= 0.3 is 0 Å². The van der Waals surface area contributed by atoms with Crippen LogP contribution in [0.1, 0.15) is 13.3 Å². The fourth-order valence-corrected chi connectivity index (χ4v) is 2.07. The Balaban J connectivity index is 2.13. The number of nitrogens with one attached hydrogen (secondary N) is 1. The van der Waals surface area contributed by atoms with Crippen LogP contribution >= 0.6 is 11.8 Å². The number of nitrogens with zero attached hydrogens (tertiary/aromatic N) is 1. The van der Waals surface area contributed by atoms with E-state index < -0.39 is 6.10 Å². The molecule has 1 atom stereocenters. The van der Waals surface area contributed by atoms with Gasteiger partial charge in [0.1, 0.15) is 0 Å². The van der Waals surface area contributed by atoms with Gasteiger partial charge in [-0.05, 0) is 6.92 Å². The van der Waals surface area contributed by atoms with Gasteiger partial charge in [-0.1, -0.05) is 11.8 Å². The highest BCUT2D eigenvalue weighted by atomic mass is 32.2. The van der Waals surface area contributed by atoms with Crippen molar-refractivity contribution in [1.82, 2.24) is 10.2 Å². The Kier molecular flexibility index (Phi) is 4.90. The molecule has 86 valence electrons. The number of carbonyl (C=O) groups excluding carboxylic acids is 2. The molecule has 0 radical (unpaired) electrons. The van der Waals surface area contributed by atoms with Gasteiger partial charge in [0, 0.05) is 31.8 Å². The molecular formula is C9H16N2O3S. The summed E-state index contributed by atoms with van der Waals surface area (Å²) < 4.78 is 0. The third-order valence-corrected chi connectivity index (χ3v) is 2.94. The zero-order valence-corrected chi connectivity index (χ0v) is 9.55. The van der Waals surface area contributed by atoms with Gasteiger partial charge < -0.3 is 15.3 Å². The molecular weight excluding hydrogens is 216 g/mol. The number of carbonyl (C=O) groups is 2. The average Bonchev–Trinajstić information content (AvgIpc) is 2.58. The van der Waals surface area contributed by atoms with E-state index in [9.17, 15) is 9.59 Å². The first-order chi connectivity index (χ1) is 7.09. The topological polar surface area (TPSA) is 69.6 Å².